The van der Waals surface area contributed by atoms with E-state index in [2.05, 4.69) is 10.0 Å². The monoisotopic (exact) mass is 437 g/mol. The SMILES string of the molecule is CCc1ccccc1NC(=O)CN(C)C(=O)CCNS(=O)(=O)c1ccccc1Cl. The summed E-state index contributed by atoms with van der Waals surface area (Å²) < 4.78 is 26.9. The minimum absolute atomic E-state index is 0.0450. The number of rotatable bonds is 9. The van der Waals surface area contributed by atoms with E-state index >= 15 is 0 Å². The summed E-state index contributed by atoms with van der Waals surface area (Å²) in [6, 6.07) is 13.5. The minimum Gasteiger partial charge on any atom is -0.336 e. The Balaban J connectivity index is 1.84. The number of nitrogens with one attached hydrogen (secondary N) is 2. The fourth-order valence-corrected chi connectivity index (χ4v) is 4.22. The number of para-hydroxylation sites is 1. The van der Waals surface area contributed by atoms with Crippen molar-refractivity contribution in [1.82, 2.24) is 9.62 Å². The Morgan fingerprint density at radius 3 is 2.41 bits per heavy atom. The van der Waals surface area contributed by atoms with E-state index in [9.17, 15) is 18.0 Å². The topological polar surface area (TPSA) is 95.6 Å². The molecule has 156 valence electrons. The molecule has 7 nitrogen and oxygen atoms in total. The van der Waals surface area contributed by atoms with Gasteiger partial charge in [-0.05, 0) is 30.2 Å². The first-order valence-electron chi connectivity index (χ1n) is 9.10. The Morgan fingerprint density at radius 1 is 1.07 bits per heavy atom. The molecule has 0 aromatic heterocycles. The van der Waals surface area contributed by atoms with Gasteiger partial charge in [0.25, 0.3) is 0 Å². The van der Waals surface area contributed by atoms with Crippen LogP contribution in [-0.4, -0.2) is 45.3 Å². The summed E-state index contributed by atoms with van der Waals surface area (Å²) in [7, 11) is -2.32. The number of aryl methyl sites for hydroxylation is 1. The van der Waals surface area contributed by atoms with Crippen molar-refractivity contribution >= 4 is 39.1 Å². The predicted molar refractivity (Wildman–Crippen MR) is 113 cm³/mol. The van der Waals surface area contributed by atoms with Gasteiger partial charge in [-0.2, -0.15) is 0 Å². The van der Waals surface area contributed by atoms with Gasteiger partial charge in [-0.15, -0.1) is 0 Å². The van der Waals surface area contributed by atoms with Crippen LogP contribution in [-0.2, 0) is 26.0 Å². The van der Waals surface area contributed by atoms with Gasteiger partial charge in [0.15, 0.2) is 0 Å². The van der Waals surface area contributed by atoms with Crippen LogP contribution < -0.4 is 10.0 Å². The third-order valence-corrected chi connectivity index (χ3v) is 6.20. The number of sulfonamides is 1. The zero-order chi connectivity index (χ0) is 21.4. The normalized spacial score (nSPS) is 11.1. The van der Waals surface area contributed by atoms with Crippen LogP contribution in [0.5, 0.6) is 0 Å². The molecule has 0 saturated heterocycles. The van der Waals surface area contributed by atoms with Crippen molar-refractivity contribution in [3.8, 4) is 0 Å². The largest absolute Gasteiger partial charge is 0.336 e. The van der Waals surface area contributed by atoms with Crippen LogP contribution in [0.2, 0.25) is 5.02 Å². The molecule has 0 atom stereocenters. The number of halogens is 1. The third-order valence-electron chi connectivity index (χ3n) is 4.24. The number of likely N-dealkylation sites (N-methyl/N-ethyl adjacent to an activating group) is 1. The lowest BCUT2D eigenvalue weighted by Gasteiger charge is -2.18. The van der Waals surface area contributed by atoms with Gasteiger partial charge in [0.05, 0.1) is 11.6 Å². The summed E-state index contributed by atoms with van der Waals surface area (Å²) in [5, 5.41) is 2.90. The van der Waals surface area contributed by atoms with Crippen molar-refractivity contribution in [1.29, 1.82) is 0 Å². The molecular weight excluding hydrogens is 414 g/mol. The average Bonchev–Trinajstić information content (AvgIpc) is 2.68. The summed E-state index contributed by atoms with van der Waals surface area (Å²) in [4.78, 5) is 25.7. The van der Waals surface area contributed by atoms with Gasteiger partial charge in [-0.1, -0.05) is 48.9 Å². The molecule has 0 bridgehead atoms. The van der Waals surface area contributed by atoms with Crippen LogP contribution in [0.1, 0.15) is 18.9 Å². The molecule has 0 saturated carbocycles. The van der Waals surface area contributed by atoms with Gasteiger partial charge in [-0.3, -0.25) is 9.59 Å². The van der Waals surface area contributed by atoms with E-state index in [0.29, 0.717) is 5.69 Å². The quantitative estimate of drug-likeness (QED) is 0.630. The second-order valence-electron chi connectivity index (χ2n) is 6.39. The molecule has 0 radical (unpaired) electrons. The van der Waals surface area contributed by atoms with Crippen molar-refractivity contribution in [2.45, 2.75) is 24.7 Å². The van der Waals surface area contributed by atoms with Crippen molar-refractivity contribution in [3.05, 3.63) is 59.1 Å². The molecule has 0 heterocycles. The number of hydrogen-bond acceptors (Lipinski definition) is 4. The molecule has 2 N–H and O–H groups in total. The zero-order valence-electron chi connectivity index (χ0n) is 16.3. The molecule has 2 rings (SSSR count). The maximum atomic E-state index is 12.3. The molecule has 0 aliphatic carbocycles. The highest BCUT2D eigenvalue weighted by Crippen LogP contribution is 2.20. The van der Waals surface area contributed by atoms with E-state index in [4.69, 9.17) is 11.6 Å². The Hall–Kier alpha value is -2.42. The second kappa shape index (κ2) is 10.4. The molecule has 0 fully saturated rings. The summed E-state index contributed by atoms with van der Waals surface area (Å²) in [5.74, 6) is -0.677. The Morgan fingerprint density at radius 2 is 1.72 bits per heavy atom. The maximum absolute atomic E-state index is 12.3. The lowest BCUT2D eigenvalue weighted by molar-refractivity contribution is -0.133. The number of hydrogen-bond donors (Lipinski definition) is 2. The Kier molecular flexibility index (Phi) is 8.19. The molecule has 2 aromatic rings. The molecule has 0 aliphatic heterocycles. The summed E-state index contributed by atoms with van der Waals surface area (Å²) in [5.41, 5.74) is 1.72. The first-order chi connectivity index (χ1) is 13.7. The summed E-state index contributed by atoms with van der Waals surface area (Å²) in [6.07, 6.45) is 0.690. The highest BCUT2D eigenvalue weighted by molar-refractivity contribution is 7.89. The fourth-order valence-electron chi connectivity index (χ4n) is 2.67. The second-order valence-corrected chi connectivity index (χ2v) is 8.53. The predicted octanol–water partition coefficient (Wildman–Crippen LogP) is 2.67. The van der Waals surface area contributed by atoms with Crippen LogP contribution >= 0.6 is 11.6 Å². The number of benzene rings is 2. The van der Waals surface area contributed by atoms with Gasteiger partial charge in [-0.25, -0.2) is 13.1 Å². The first-order valence-corrected chi connectivity index (χ1v) is 11.0. The summed E-state index contributed by atoms with van der Waals surface area (Å²) in [6.45, 7) is 1.76. The van der Waals surface area contributed by atoms with Crippen LogP contribution in [0.3, 0.4) is 0 Å². The first kappa shape index (κ1) is 22.9. The smallest absolute Gasteiger partial charge is 0.243 e. The zero-order valence-corrected chi connectivity index (χ0v) is 17.9. The molecule has 0 aliphatic rings. The van der Waals surface area contributed by atoms with E-state index in [-0.39, 0.29) is 41.2 Å². The van der Waals surface area contributed by atoms with E-state index in [1.807, 2.05) is 31.2 Å². The van der Waals surface area contributed by atoms with Crippen LogP contribution in [0, 0.1) is 0 Å². The standard InChI is InChI=1S/C20H24ClN3O4S/c1-3-15-8-4-6-10-17(15)23-19(25)14-24(2)20(26)12-13-22-29(27,28)18-11-7-5-9-16(18)21/h4-11,22H,3,12-14H2,1-2H3,(H,23,25). The molecule has 2 aromatic carbocycles. The third kappa shape index (κ3) is 6.56. The molecule has 2 amide bonds. The van der Waals surface area contributed by atoms with Crippen LogP contribution in [0.25, 0.3) is 0 Å². The van der Waals surface area contributed by atoms with Gasteiger partial charge in [0, 0.05) is 25.7 Å². The highest BCUT2D eigenvalue weighted by atomic mass is 35.5. The van der Waals surface area contributed by atoms with Gasteiger partial charge in [0.1, 0.15) is 4.90 Å². The van der Waals surface area contributed by atoms with E-state index in [1.54, 1.807) is 12.1 Å². The molecule has 0 unspecified atom stereocenters. The van der Waals surface area contributed by atoms with Gasteiger partial charge < -0.3 is 10.2 Å². The van der Waals surface area contributed by atoms with Gasteiger partial charge >= 0.3 is 0 Å². The lowest BCUT2D eigenvalue weighted by Crippen LogP contribution is -2.37. The van der Waals surface area contributed by atoms with Crippen molar-refractivity contribution < 1.29 is 18.0 Å². The van der Waals surface area contributed by atoms with E-state index in [0.717, 1.165) is 12.0 Å². The Labute approximate surface area is 176 Å². The van der Waals surface area contributed by atoms with Crippen LogP contribution in [0.4, 0.5) is 5.69 Å². The number of carbonyl (C=O) groups is 2. The van der Waals surface area contributed by atoms with E-state index in [1.165, 1.54) is 24.1 Å². The van der Waals surface area contributed by atoms with Crippen molar-refractivity contribution in [2.24, 2.45) is 0 Å². The molecule has 29 heavy (non-hydrogen) atoms. The fraction of sp³-hybridized carbons (Fsp3) is 0.300. The van der Waals surface area contributed by atoms with Crippen molar-refractivity contribution in [2.75, 3.05) is 25.5 Å². The minimum atomic E-state index is -3.82. The molecule has 9 heteroatoms. The molecular formula is C20H24ClN3O4S. The summed E-state index contributed by atoms with van der Waals surface area (Å²) >= 11 is 5.91. The number of amides is 2. The van der Waals surface area contributed by atoms with E-state index < -0.39 is 10.0 Å². The number of anilines is 1. The average molecular weight is 438 g/mol. The lowest BCUT2D eigenvalue weighted by atomic mass is 10.1. The van der Waals surface area contributed by atoms with Gasteiger partial charge in [0.2, 0.25) is 21.8 Å². The number of carbonyl (C=O) groups excluding carboxylic acids is 2. The van der Waals surface area contributed by atoms with Crippen molar-refractivity contribution in [3.63, 3.8) is 0 Å². The maximum Gasteiger partial charge on any atom is 0.243 e. The molecule has 0 spiro atoms. The van der Waals surface area contributed by atoms with Crippen LogP contribution in [0.15, 0.2) is 53.4 Å². The Bertz CT molecular complexity index is 979. The highest BCUT2D eigenvalue weighted by Gasteiger charge is 2.19. The number of nitrogens with zero attached hydrogens (tertiary/aromatic N) is 1.